The minimum Gasteiger partial charge on any atom is -0.495 e. The number of alkyl carbamates (subject to hydrolysis) is 1. The van der Waals surface area contributed by atoms with Crippen molar-refractivity contribution in [1.29, 1.82) is 0 Å². The summed E-state index contributed by atoms with van der Waals surface area (Å²) in [4.78, 5) is 23.6. The van der Waals surface area contributed by atoms with E-state index in [1.165, 1.54) is 14.2 Å². The highest BCUT2D eigenvalue weighted by Crippen LogP contribution is 2.35. The molecule has 1 aromatic rings. The Bertz CT molecular complexity index is 614. The molecule has 0 aromatic heterocycles. The molecule has 0 radical (unpaired) electrons. The van der Waals surface area contributed by atoms with Gasteiger partial charge in [0.2, 0.25) is 5.91 Å². The predicted molar refractivity (Wildman–Crippen MR) is 96.7 cm³/mol. The lowest BCUT2D eigenvalue weighted by Gasteiger charge is -2.19. The largest absolute Gasteiger partial charge is 0.495 e. The Morgan fingerprint density at radius 3 is 2.32 bits per heavy atom. The highest BCUT2D eigenvalue weighted by atomic mass is 35.5. The molecular weight excluding hydrogens is 348 g/mol. The number of halogens is 1. The van der Waals surface area contributed by atoms with Crippen molar-refractivity contribution in [1.82, 2.24) is 5.32 Å². The first kappa shape index (κ1) is 20.9. The van der Waals surface area contributed by atoms with Crippen molar-refractivity contribution in [3.63, 3.8) is 0 Å². The zero-order valence-electron chi connectivity index (χ0n) is 15.2. The van der Waals surface area contributed by atoms with E-state index in [-0.39, 0.29) is 12.3 Å². The van der Waals surface area contributed by atoms with Crippen LogP contribution < -0.4 is 20.1 Å². The van der Waals surface area contributed by atoms with Gasteiger partial charge in [0.1, 0.15) is 17.1 Å². The van der Waals surface area contributed by atoms with Gasteiger partial charge in [-0.1, -0.05) is 11.6 Å². The lowest BCUT2D eigenvalue weighted by Crippen LogP contribution is -2.33. The average Bonchev–Trinajstić information content (AvgIpc) is 2.51. The molecule has 2 amide bonds. The maximum atomic E-state index is 12.1. The summed E-state index contributed by atoms with van der Waals surface area (Å²) in [7, 11) is 2.97. The van der Waals surface area contributed by atoms with Crippen LogP contribution in [0.15, 0.2) is 12.1 Å². The fraction of sp³-hybridized carbons (Fsp3) is 0.529. The summed E-state index contributed by atoms with van der Waals surface area (Å²) in [6, 6.07) is 3.16. The minimum atomic E-state index is -0.550. The third-order valence-corrected chi connectivity index (χ3v) is 3.29. The normalized spacial score (nSPS) is 10.8. The number of hydrogen-bond acceptors (Lipinski definition) is 5. The number of hydrogen-bond donors (Lipinski definition) is 2. The van der Waals surface area contributed by atoms with Gasteiger partial charge in [-0.15, -0.1) is 0 Å². The molecule has 25 heavy (non-hydrogen) atoms. The summed E-state index contributed by atoms with van der Waals surface area (Å²) >= 11 is 6.02. The zero-order chi connectivity index (χ0) is 19.0. The summed E-state index contributed by atoms with van der Waals surface area (Å²) < 4.78 is 15.4. The SMILES string of the molecule is COc1cc(NC(=O)CCCNC(=O)OC(C)(C)C)c(OC)cc1Cl. The summed E-state index contributed by atoms with van der Waals surface area (Å²) in [5, 5.41) is 5.73. The van der Waals surface area contributed by atoms with Gasteiger partial charge < -0.3 is 24.8 Å². The second-order valence-electron chi connectivity index (χ2n) is 6.27. The van der Waals surface area contributed by atoms with E-state index in [0.717, 1.165) is 0 Å². The van der Waals surface area contributed by atoms with Gasteiger partial charge in [-0.2, -0.15) is 0 Å². The fourth-order valence-corrected chi connectivity index (χ4v) is 2.16. The molecule has 8 heteroatoms. The van der Waals surface area contributed by atoms with Crippen LogP contribution in [0.1, 0.15) is 33.6 Å². The first-order valence-corrected chi connectivity index (χ1v) is 8.22. The van der Waals surface area contributed by atoms with Crippen LogP contribution >= 0.6 is 11.6 Å². The molecule has 0 atom stereocenters. The van der Waals surface area contributed by atoms with Crippen LogP contribution in [0.3, 0.4) is 0 Å². The standard InChI is InChI=1S/C17H25ClN2O5/c1-17(2,3)25-16(22)19-8-6-7-15(21)20-12-10-13(23-4)11(18)9-14(12)24-5/h9-10H,6-8H2,1-5H3,(H,19,22)(H,20,21). The number of benzene rings is 1. The molecule has 0 aliphatic carbocycles. The quantitative estimate of drug-likeness (QED) is 0.714. The summed E-state index contributed by atoms with van der Waals surface area (Å²) in [5.74, 6) is 0.657. The van der Waals surface area contributed by atoms with Crippen LogP contribution in [0, 0.1) is 0 Å². The molecule has 0 heterocycles. The first-order valence-electron chi connectivity index (χ1n) is 7.84. The molecule has 0 spiro atoms. The molecule has 0 fully saturated rings. The Balaban J connectivity index is 2.48. The Morgan fingerprint density at radius 1 is 1.12 bits per heavy atom. The number of nitrogens with one attached hydrogen (secondary N) is 2. The Hall–Kier alpha value is -2.15. The summed E-state index contributed by atoms with van der Waals surface area (Å²) in [5.41, 5.74) is -0.0834. The van der Waals surface area contributed by atoms with Gasteiger partial charge in [0.25, 0.3) is 0 Å². The monoisotopic (exact) mass is 372 g/mol. The Kier molecular flexibility index (Phi) is 7.83. The van der Waals surface area contributed by atoms with E-state index in [1.54, 1.807) is 32.9 Å². The molecule has 140 valence electrons. The number of rotatable bonds is 7. The highest BCUT2D eigenvalue weighted by Gasteiger charge is 2.16. The van der Waals surface area contributed by atoms with Gasteiger partial charge in [0, 0.05) is 25.1 Å². The molecule has 0 bridgehead atoms. The molecule has 0 aliphatic rings. The molecule has 0 aliphatic heterocycles. The fourth-order valence-electron chi connectivity index (χ4n) is 1.92. The minimum absolute atomic E-state index is 0.214. The summed E-state index contributed by atoms with van der Waals surface area (Å²) in [6.45, 7) is 5.69. The van der Waals surface area contributed by atoms with Crippen molar-refractivity contribution in [2.24, 2.45) is 0 Å². The second kappa shape index (κ2) is 9.36. The third-order valence-electron chi connectivity index (χ3n) is 3.00. The van der Waals surface area contributed by atoms with Gasteiger partial charge in [0.15, 0.2) is 0 Å². The van der Waals surface area contributed by atoms with Crippen molar-refractivity contribution in [2.45, 2.75) is 39.2 Å². The van der Waals surface area contributed by atoms with Gasteiger partial charge in [-0.05, 0) is 27.2 Å². The van der Waals surface area contributed by atoms with Crippen molar-refractivity contribution in [3.05, 3.63) is 17.2 Å². The van der Waals surface area contributed by atoms with E-state index >= 15 is 0 Å². The average molecular weight is 373 g/mol. The lowest BCUT2D eigenvalue weighted by molar-refractivity contribution is -0.116. The van der Waals surface area contributed by atoms with Crippen LogP contribution in [0.25, 0.3) is 0 Å². The molecule has 0 saturated heterocycles. The smallest absolute Gasteiger partial charge is 0.407 e. The van der Waals surface area contributed by atoms with Gasteiger partial charge in [-0.3, -0.25) is 4.79 Å². The molecule has 0 saturated carbocycles. The van der Waals surface area contributed by atoms with E-state index in [2.05, 4.69) is 10.6 Å². The number of carbonyl (C=O) groups excluding carboxylic acids is 2. The number of anilines is 1. The van der Waals surface area contributed by atoms with Crippen LogP contribution in [-0.4, -0.2) is 38.4 Å². The van der Waals surface area contributed by atoms with Crippen LogP contribution in [-0.2, 0) is 9.53 Å². The molecule has 0 unspecified atom stereocenters. The number of methoxy groups -OCH3 is 2. The number of amides is 2. The zero-order valence-corrected chi connectivity index (χ0v) is 16.0. The molecule has 2 N–H and O–H groups in total. The highest BCUT2D eigenvalue weighted by molar-refractivity contribution is 6.32. The van der Waals surface area contributed by atoms with Crippen molar-refractivity contribution in [2.75, 3.05) is 26.1 Å². The lowest BCUT2D eigenvalue weighted by atomic mass is 10.2. The van der Waals surface area contributed by atoms with E-state index in [1.807, 2.05) is 0 Å². The van der Waals surface area contributed by atoms with Gasteiger partial charge in [0.05, 0.1) is 24.9 Å². The first-order chi connectivity index (χ1) is 11.7. The van der Waals surface area contributed by atoms with Crippen molar-refractivity contribution in [3.8, 4) is 11.5 Å². The maximum Gasteiger partial charge on any atom is 0.407 e. The van der Waals surface area contributed by atoms with E-state index < -0.39 is 11.7 Å². The number of carbonyl (C=O) groups is 2. The van der Waals surface area contributed by atoms with E-state index in [9.17, 15) is 9.59 Å². The molecule has 7 nitrogen and oxygen atoms in total. The Labute approximate surface area is 153 Å². The Morgan fingerprint density at radius 2 is 1.76 bits per heavy atom. The van der Waals surface area contributed by atoms with Crippen molar-refractivity contribution >= 4 is 29.3 Å². The van der Waals surface area contributed by atoms with Crippen molar-refractivity contribution < 1.29 is 23.8 Å². The topological polar surface area (TPSA) is 85.9 Å². The predicted octanol–water partition coefficient (Wildman–Crippen LogP) is 3.60. The maximum absolute atomic E-state index is 12.1. The molecule has 1 rings (SSSR count). The summed E-state index contributed by atoms with van der Waals surface area (Å²) in [6.07, 6.45) is 0.194. The number of ether oxygens (including phenoxy) is 3. The van der Waals surface area contributed by atoms with Gasteiger partial charge in [-0.25, -0.2) is 4.79 Å². The van der Waals surface area contributed by atoms with Crippen LogP contribution in [0.5, 0.6) is 11.5 Å². The third kappa shape index (κ3) is 7.51. The van der Waals surface area contributed by atoms with Gasteiger partial charge >= 0.3 is 6.09 Å². The van der Waals surface area contributed by atoms with Crippen LogP contribution in [0.4, 0.5) is 10.5 Å². The van der Waals surface area contributed by atoms with E-state index in [4.69, 9.17) is 25.8 Å². The second-order valence-corrected chi connectivity index (χ2v) is 6.67. The molecular formula is C17H25ClN2O5. The van der Waals surface area contributed by atoms with E-state index in [0.29, 0.717) is 35.2 Å². The molecule has 1 aromatic carbocycles. The van der Waals surface area contributed by atoms with Crippen LogP contribution in [0.2, 0.25) is 5.02 Å².